The van der Waals surface area contributed by atoms with Gasteiger partial charge in [-0.25, -0.2) is 0 Å². The molecule has 1 fully saturated rings. The minimum atomic E-state index is -0.312. The van der Waals surface area contributed by atoms with E-state index >= 15 is 0 Å². The minimum Gasteiger partial charge on any atom is -0.486 e. The number of Topliss-reactive ketones (excluding diaryl/α,β-unsaturated/α-hetero) is 1. The number of ether oxygens (including phenoxy) is 3. The zero-order valence-electron chi connectivity index (χ0n) is 14.0. The number of nitrogens with zero attached hydrogens (tertiary/aromatic N) is 1. The van der Waals surface area contributed by atoms with Crippen LogP contribution >= 0.6 is 0 Å². The summed E-state index contributed by atoms with van der Waals surface area (Å²) in [4.78, 5) is 15.5. The third-order valence-electron chi connectivity index (χ3n) is 4.60. The van der Waals surface area contributed by atoms with Crippen LogP contribution in [0.5, 0.6) is 11.5 Å². The largest absolute Gasteiger partial charge is 0.486 e. The second-order valence-corrected chi connectivity index (χ2v) is 6.18. The van der Waals surface area contributed by atoms with Crippen LogP contribution in [0.4, 0.5) is 0 Å². The predicted molar refractivity (Wildman–Crippen MR) is 93.3 cm³/mol. The molecule has 0 radical (unpaired) electrons. The monoisotopic (exact) mass is 339 g/mol. The van der Waals surface area contributed by atoms with Gasteiger partial charge in [-0.2, -0.15) is 0 Å². The Morgan fingerprint density at radius 2 is 1.60 bits per heavy atom. The summed E-state index contributed by atoms with van der Waals surface area (Å²) in [5, 5.41) is 0. The Bertz CT molecular complexity index is 741. The van der Waals surface area contributed by atoms with Crippen LogP contribution in [-0.2, 0) is 4.74 Å². The summed E-state index contributed by atoms with van der Waals surface area (Å²) in [5.74, 6) is 1.42. The van der Waals surface area contributed by atoms with Gasteiger partial charge in [-0.1, -0.05) is 30.3 Å². The fourth-order valence-electron chi connectivity index (χ4n) is 3.35. The smallest absolute Gasteiger partial charge is 0.184 e. The Labute approximate surface area is 147 Å². The van der Waals surface area contributed by atoms with Gasteiger partial charge in [-0.3, -0.25) is 9.69 Å². The molecule has 0 saturated carbocycles. The molecule has 0 amide bonds. The first-order valence-corrected chi connectivity index (χ1v) is 8.63. The molecule has 0 N–H and O–H groups in total. The SMILES string of the molecule is O=C(c1ccc2c(c1)OCCO2)[C@@H](c1ccccc1)N1CCOCC1. The molecule has 5 heteroatoms. The molecule has 2 aliphatic rings. The lowest BCUT2D eigenvalue weighted by molar-refractivity contribution is 0.0172. The van der Waals surface area contributed by atoms with Crippen molar-refractivity contribution in [3.63, 3.8) is 0 Å². The van der Waals surface area contributed by atoms with Crippen LogP contribution in [0.3, 0.4) is 0 Å². The minimum absolute atomic E-state index is 0.0741. The Morgan fingerprint density at radius 1 is 0.880 bits per heavy atom. The third kappa shape index (κ3) is 3.38. The molecule has 0 bridgehead atoms. The number of ketones is 1. The van der Waals surface area contributed by atoms with Crippen LogP contribution in [0.1, 0.15) is 22.0 Å². The van der Waals surface area contributed by atoms with E-state index in [4.69, 9.17) is 14.2 Å². The molecule has 2 aromatic rings. The van der Waals surface area contributed by atoms with Gasteiger partial charge in [0.2, 0.25) is 0 Å². The molecule has 5 nitrogen and oxygen atoms in total. The molecule has 4 rings (SSSR count). The molecule has 1 atom stereocenters. The summed E-state index contributed by atoms with van der Waals surface area (Å²) in [7, 11) is 0. The van der Waals surface area contributed by atoms with E-state index in [1.807, 2.05) is 42.5 Å². The summed E-state index contributed by atoms with van der Waals surface area (Å²) in [6, 6.07) is 15.1. The van der Waals surface area contributed by atoms with Gasteiger partial charge < -0.3 is 14.2 Å². The number of carbonyl (C=O) groups is 1. The van der Waals surface area contributed by atoms with E-state index in [2.05, 4.69) is 4.90 Å². The number of benzene rings is 2. The van der Waals surface area contributed by atoms with Crippen LogP contribution in [0.2, 0.25) is 0 Å². The van der Waals surface area contributed by atoms with Crippen LogP contribution in [0, 0.1) is 0 Å². The highest BCUT2D eigenvalue weighted by atomic mass is 16.6. The van der Waals surface area contributed by atoms with Gasteiger partial charge in [-0.05, 0) is 23.8 Å². The highest BCUT2D eigenvalue weighted by molar-refractivity contribution is 6.01. The van der Waals surface area contributed by atoms with Gasteiger partial charge >= 0.3 is 0 Å². The maximum absolute atomic E-state index is 13.4. The zero-order chi connectivity index (χ0) is 17.1. The average Bonchev–Trinajstić information content (AvgIpc) is 2.69. The highest BCUT2D eigenvalue weighted by Gasteiger charge is 2.30. The van der Waals surface area contributed by atoms with E-state index in [1.165, 1.54) is 0 Å². The molecular formula is C20H21NO4. The van der Waals surface area contributed by atoms with Crippen molar-refractivity contribution in [1.82, 2.24) is 4.90 Å². The number of hydrogen-bond donors (Lipinski definition) is 0. The molecule has 0 spiro atoms. The normalized spacial score (nSPS) is 18.6. The van der Waals surface area contributed by atoms with Gasteiger partial charge in [0.25, 0.3) is 0 Å². The fraction of sp³-hybridized carbons (Fsp3) is 0.350. The van der Waals surface area contributed by atoms with Gasteiger partial charge in [0.15, 0.2) is 17.3 Å². The van der Waals surface area contributed by atoms with Gasteiger partial charge in [0, 0.05) is 18.7 Å². The lowest BCUT2D eigenvalue weighted by atomic mass is 9.95. The quantitative estimate of drug-likeness (QED) is 0.802. The Hall–Kier alpha value is -2.37. The van der Waals surface area contributed by atoms with Crippen molar-refractivity contribution >= 4 is 5.78 Å². The molecule has 0 unspecified atom stereocenters. The third-order valence-corrected chi connectivity index (χ3v) is 4.60. The maximum atomic E-state index is 13.4. The van der Waals surface area contributed by atoms with E-state index in [0.717, 1.165) is 18.7 Å². The zero-order valence-corrected chi connectivity index (χ0v) is 14.0. The van der Waals surface area contributed by atoms with Crippen molar-refractivity contribution < 1.29 is 19.0 Å². The summed E-state index contributed by atoms with van der Waals surface area (Å²) in [5.41, 5.74) is 1.65. The number of carbonyl (C=O) groups excluding carboxylic acids is 1. The number of fused-ring (bicyclic) bond motifs is 1. The van der Waals surface area contributed by atoms with Crippen molar-refractivity contribution in [2.24, 2.45) is 0 Å². The lowest BCUT2D eigenvalue weighted by Crippen LogP contribution is -2.42. The standard InChI is InChI=1S/C20H21NO4/c22-20(16-6-7-17-18(14-16)25-13-12-24-17)19(15-4-2-1-3-5-15)21-8-10-23-11-9-21/h1-7,14,19H,8-13H2/t19-/m1/s1. The molecule has 1 saturated heterocycles. The molecular weight excluding hydrogens is 318 g/mol. The molecule has 130 valence electrons. The summed E-state index contributed by atoms with van der Waals surface area (Å²) >= 11 is 0. The first kappa shape index (κ1) is 16.1. The van der Waals surface area contributed by atoms with Gasteiger partial charge in [0.1, 0.15) is 13.2 Å². The molecule has 2 aliphatic heterocycles. The van der Waals surface area contributed by atoms with Gasteiger partial charge in [-0.15, -0.1) is 0 Å². The number of morpholine rings is 1. The second kappa shape index (κ2) is 7.25. The first-order valence-electron chi connectivity index (χ1n) is 8.63. The first-order chi connectivity index (χ1) is 12.3. The highest BCUT2D eigenvalue weighted by Crippen LogP contribution is 2.33. The van der Waals surface area contributed by atoms with E-state index in [1.54, 1.807) is 6.07 Å². The van der Waals surface area contributed by atoms with Crippen LogP contribution < -0.4 is 9.47 Å². The molecule has 25 heavy (non-hydrogen) atoms. The fourth-order valence-corrected chi connectivity index (χ4v) is 3.35. The Morgan fingerprint density at radius 3 is 2.36 bits per heavy atom. The summed E-state index contributed by atoms with van der Waals surface area (Å²) in [6.45, 7) is 3.85. The van der Waals surface area contributed by atoms with E-state index in [9.17, 15) is 4.79 Å². The second-order valence-electron chi connectivity index (χ2n) is 6.18. The maximum Gasteiger partial charge on any atom is 0.184 e. The Kier molecular flexibility index (Phi) is 4.68. The molecule has 2 heterocycles. The van der Waals surface area contributed by atoms with Gasteiger partial charge in [0.05, 0.1) is 19.3 Å². The summed E-state index contributed by atoms with van der Waals surface area (Å²) < 4.78 is 16.6. The van der Waals surface area contributed by atoms with E-state index < -0.39 is 0 Å². The topological polar surface area (TPSA) is 48.0 Å². The number of rotatable bonds is 4. The predicted octanol–water partition coefficient (Wildman–Crippen LogP) is 2.71. The molecule has 0 aliphatic carbocycles. The lowest BCUT2D eigenvalue weighted by Gasteiger charge is -2.34. The molecule has 2 aromatic carbocycles. The summed E-state index contributed by atoms with van der Waals surface area (Å²) in [6.07, 6.45) is 0. The number of hydrogen-bond acceptors (Lipinski definition) is 5. The van der Waals surface area contributed by atoms with Crippen molar-refractivity contribution in [2.75, 3.05) is 39.5 Å². The van der Waals surface area contributed by atoms with Crippen LogP contribution in [0.25, 0.3) is 0 Å². The van der Waals surface area contributed by atoms with Crippen molar-refractivity contribution in [3.05, 3.63) is 59.7 Å². The average molecular weight is 339 g/mol. The van der Waals surface area contributed by atoms with Crippen molar-refractivity contribution in [3.8, 4) is 11.5 Å². The van der Waals surface area contributed by atoms with Crippen LogP contribution in [-0.4, -0.2) is 50.2 Å². The molecule has 0 aromatic heterocycles. The van der Waals surface area contributed by atoms with Crippen molar-refractivity contribution in [1.29, 1.82) is 0 Å². The van der Waals surface area contributed by atoms with Crippen molar-refractivity contribution in [2.45, 2.75) is 6.04 Å². The Balaban J connectivity index is 1.67. The van der Waals surface area contributed by atoms with Crippen LogP contribution in [0.15, 0.2) is 48.5 Å². The van der Waals surface area contributed by atoms with E-state index in [-0.39, 0.29) is 11.8 Å². The van der Waals surface area contributed by atoms with E-state index in [0.29, 0.717) is 43.5 Å².